The van der Waals surface area contributed by atoms with Crippen LogP contribution in [0.4, 0.5) is 0 Å². The molecule has 0 saturated carbocycles. The van der Waals surface area contributed by atoms with Crippen LogP contribution in [0.2, 0.25) is 0 Å². The number of hydrogen-bond donors (Lipinski definition) is 2. The van der Waals surface area contributed by atoms with Crippen molar-refractivity contribution in [2.45, 2.75) is 52.3 Å². The van der Waals surface area contributed by atoms with Crippen LogP contribution < -0.4 is 5.32 Å². The molecular formula is C16H24N4O3. The van der Waals surface area contributed by atoms with E-state index >= 15 is 0 Å². The quantitative estimate of drug-likeness (QED) is 0.777. The van der Waals surface area contributed by atoms with Gasteiger partial charge in [-0.2, -0.15) is 0 Å². The minimum absolute atomic E-state index is 0.219. The third-order valence-corrected chi connectivity index (χ3v) is 3.53. The lowest BCUT2D eigenvalue weighted by molar-refractivity contribution is 0.0898. The molecule has 2 rings (SSSR count). The normalized spacial score (nSPS) is 14.0. The molecule has 0 aliphatic carbocycles. The minimum atomic E-state index is -0.748. The highest BCUT2D eigenvalue weighted by atomic mass is 16.4. The Hall–Kier alpha value is -2.15. The molecule has 7 nitrogen and oxygen atoms in total. The zero-order valence-electron chi connectivity index (χ0n) is 13.8. The number of nitrogens with zero attached hydrogens (tertiary/aromatic N) is 3. The van der Waals surface area contributed by atoms with E-state index in [1.54, 1.807) is 23.0 Å². The van der Waals surface area contributed by atoms with E-state index in [1.807, 2.05) is 6.92 Å². The van der Waals surface area contributed by atoms with Gasteiger partial charge in [0.2, 0.25) is 0 Å². The van der Waals surface area contributed by atoms with E-state index in [2.05, 4.69) is 29.5 Å². The molecule has 7 heteroatoms. The van der Waals surface area contributed by atoms with E-state index in [0.717, 1.165) is 13.0 Å². The Bertz CT molecular complexity index is 607. The van der Waals surface area contributed by atoms with Crippen LogP contribution in [0.15, 0.2) is 29.0 Å². The lowest BCUT2D eigenvalue weighted by Gasteiger charge is -2.15. The molecule has 0 bridgehead atoms. The predicted octanol–water partition coefficient (Wildman–Crippen LogP) is 2.16. The second-order valence-electron chi connectivity index (χ2n) is 6.19. The van der Waals surface area contributed by atoms with Gasteiger partial charge in [-0.3, -0.25) is 9.48 Å². The Kier molecular flexibility index (Phi) is 5.92. The number of carbonyl (C=O) groups is 1. The van der Waals surface area contributed by atoms with Crippen LogP contribution in [-0.2, 0) is 6.54 Å². The van der Waals surface area contributed by atoms with Gasteiger partial charge in [0.25, 0.3) is 5.91 Å². The van der Waals surface area contributed by atoms with Crippen molar-refractivity contribution in [1.82, 2.24) is 20.3 Å². The summed E-state index contributed by atoms with van der Waals surface area (Å²) in [5.41, 5.74) is 0.285. The van der Waals surface area contributed by atoms with E-state index in [4.69, 9.17) is 4.42 Å². The second kappa shape index (κ2) is 7.92. The summed E-state index contributed by atoms with van der Waals surface area (Å²) in [6, 6.07) is 3.21. The Balaban J connectivity index is 1.83. The molecule has 0 aliphatic heterocycles. The van der Waals surface area contributed by atoms with Gasteiger partial charge < -0.3 is 14.8 Å². The van der Waals surface area contributed by atoms with E-state index < -0.39 is 6.10 Å². The molecule has 2 unspecified atom stereocenters. The van der Waals surface area contributed by atoms with Gasteiger partial charge in [-0.15, -0.1) is 5.10 Å². The third kappa shape index (κ3) is 5.21. The third-order valence-electron chi connectivity index (χ3n) is 3.53. The summed E-state index contributed by atoms with van der Waals surface area (Å²) < 4.78 is 6.82. The molecule has 0 saturated heterocycles. The molecule has 1 amide bonds. The average Bonchev–Trinajstić information content (AvgIpc) is 3.16. The van der Waals surface area contributed by atoms with Crippen LogP contribution in [0, 0.1) is 5.92 Å². The summed E-state index contributed by atoms with van der Waals surface area (Å²) in [5.74, 6) is 0.769. The molecule has 2 N–H and O–H groups in total. The van der Waals surface area contributed by atoms with Crippen molar-refractivity contribution >= 4 is 5.91 Å². The maximum absolute atomic E-state index is 12.1. The first-order chi connectivity index (χ1) is 11.0. The fourth-order valence-electron chi connectivity index (χ4n) is 2.19. The largest absolute Gasteiger partial charge is 0.467 e. The zero-order valence-corrected chi connectivity index (χ0v) is 13.8. The molecule has 0 spiro atoms. The molecular weight excluding hydrogens is 296 g/mol. The Morgan fingerprint density at radius 3 is 2.87 bits per heavy atom. The molecule has 2 aromatic rings. The number of nitrogens with one attached hydrogen (secondary N) is 1. The SMILES string of the molecule is CC(C)CCn1cc(C(=O)NC(C)CC(O)c2ccco2)nn1. The fourth-order valence-corrected chi connectivity index (χ4v) is 2.19. The number of rotatable bonds is 8. The van der Waals surface area contributed by atoms with Gasteiger partial charge in [0, 0.05) is 19.0 Å². The first kappa shape index (κ1) is 17.2. The first-order valence-corrected chi connectivity index (χ1v) is 7.88. The second-order valence-corrected chi connectivity index (χ2v) is 6.19. The van der Waals surface area contributed by atoms with E-state index in [9.17, 15) is 9.90 Å². The summed E-state index contributed by atoms with van der Waals surface area (Å²) >= 11 is 0. The van der Waals surface area contributed by atoms with Crippen molar-refractivity contribution in [1.29, 1.82) is 0 Å². The Morgan fingerprint density at radius 2 is 2.22 bits per heavy atom. The van der Waals surface area contributed by atoms with Gasteiger partial charge in [0.1, 0.15) is 11.9 Å². The standard InChI is InChI=1S/C16H24N4O3/c1-11(2)6-7-20-10-13(18-19-20)16(22)17-12(3)9-14(21)15-5-4-8-23-15/h4-5,8,10-12,14,21H,6-7,9H2,1-3H3,(H,17,22). The lowest BCUT2D eigenvalue weighted by Crippen LogP contribution is -2.34. The van der Waals surface area contributed by atoms with Crippen LogP contribution in [0.5, 0.6) is 0 Å². The number of amides is 1. The topological polar surface area (TPSA) is 93.2 Å². The van der Waals surface area contributed by atoms with Gasteiger partial charge in [-0.25, -0.2) is 0 Å². The smallest absolute Gasteiger partial charge is 0.273 e. The number of aliphatic hydroxyl groups excluding tert-OH is 1. The van der Waals surface area contributed by atoms with Crippen LogP contribution >= 0.6 is 0 Å². The van der Waals surface area contributed by atoms with E-state index in [1.165, 1.54) is 6.26 Å². The first-order valence-electron chi connectivity index (χ1n) is 7.88. The van der Waals surface area contributed by atoms with Gasteiger partial charge in [0.15, 0.2) is 5.69 Å². The maximum atomic E-state index is 12.1. The number of aryl methyl sites for hydroxylation is 1. The molecule has 0 radical (unpaired) electrons. The maximum Gasteiger partial charge on any atom is 0.273 e. The zero-order chi connectivity index (χ0) is 16.8. The van der Waals surface area contributed by atoms with Gasteiger partial charge in [0.05, 0.1) is 12.5 Å². The van der Waals surface area contributed by atoms with Crippen molar-refractivity contribution < 1.29 is 14.3 Å². The predicted molar refractivity (Wildman–Crippen MR) is 84.7 cm³/mol. The van der Waals surface area contributed by atoms with Crippen molar-refractivity contribution in [3.05, 3.63) is 36.0 Å². The summed E-state index contributed by atoms with van der Waals surface area (Å²) in [6.45, 7) is 6.84. The Morgan fingerprint density at radius 1 is 1.43 bits per heavy atom. The molecule has 126 valence electrons. The van der Waals surface area contributed by atoms with Gasteiger partial charge in [-0.1, -0.05) is 19.1 Å². The van der Waals surface area contributed by atoms with Crippen molar-refractivity contribution in [3.63, 3.8) is 0 Å². The van der Waals surface area contributed by atoms with Crippen LogP contribution in [0.3, 0.4) is 0 Å². The molecule has 2 heterocycles. The summed E-state index contributed by atoms with van der Waals surface area (Å²) in [6.07, 6.45) is 3.75. The molecule has 2 aromatic heterocycles. The summed E-state index contributed by atoms with van der Waals surface area (Å²) in [5, 5.41) is 20.7. The van der Waals surface area contributed by atoms with E-state index in [-0.39, 0.29) is 17.6 Å². The molecule has 2 atom stereocenters. The van der Waals surface area contributed by atoms with E-state index in [0.29, 0.717) is 18.1 Å². The van der Waals surface area contributed by atoms with Crippen LogP contribution in [0.1, 0.15) is 56.0 Å². The average molecular weight is 320 g/mol. The molecule has 0 fully saturated rings. The molecule has 23 heavy (non-hydrogen) atoms. The van der Waals surface area contributed by atoms with Crippen molar-refractivity contribution in [3.8, 4) is 0 Å². The fraction of sp³-hybridized carbons (Fsp3) is 0.562. The van der Waals surface area contributed by atoms with Crippen molar-refractivity contribution in [2.75, 3.05) is 0 Å². The van der Waals surface area contributed by atoms with Gasteiger partial charge in [-0.05, 0) is 31.4 Å². The monoisotopic (exact) mass is 320 g/mol. The number of aromatic nitrogens is 3. The molecule has 0 aromatic carbocycles. The minimum Gasteiger partial charge on any atom is -0.467 e. The highest BCUT2D eigenvalue weighted by Gasteiger charge is 2.18. The van der Waals surface area contributed by atoms with Crippen LogP contribution in [0.25, 0.3) is 0 Å². The summed E-state index contributed by atoms with van der Waals surface area (Å²) in [7, 11) is 0. The number of furan rings is 1. The Labute approximate surface area is 135 Å². The summed E-state index contributed by atoms with van der Waals surface area (Å²) in [4.78, 5) is 12.1. The van der Waals surface area contributed by atoms with Crippen LogP contribution in [-0.4, -0.2) is 32.0 Å². The lowest BCUT2D eigenvalue weighted by atomic mass is 10.1. The molecule has 0 aliphatic rings. The highest BCUT2D eigenvalue weighted by molar-refractivity contribution is 5.92. The van der Waals surface area contributed by atoms with Crippen molar-refractivity contribution in [2.24, 2.45) is 5.92 Å². The number of hydrogen-bond acceptors (Lipinski definition) is 5. The number of carbonyl (C=O) groups excluding carboxylic acids is 1. The van der Waals surface area contributed by atoms with Gasteiger partial charge >= 0.3 is 0 Å². The number of aliphatic hydroxyl groups is 1. The highest BCUT2D eigenvalue weighted by Crippen LogP contribution is 2.18.